The molecule has 8 nitrogen and oxygen atoms in total. The number of carbonyl (C=O) groups excluding carboxylic acids is 1. The number of hydrogen-bond acceptors (Lipinski definition) is 6. The lowest BCUT2D eigenvalue weighted by Crippen LogP contribution is -2.49. The zero-order valence-corrected chi connectivity index (χ0v) is 15.0. The van der Waals surface area contributed by atoms with Crippen LogP contribution in [0.4, 0.5) is 5.95 Å². The average Bonchev–Trinajstić information content (AvgIpc) is 2.99. The predicted molar refractivity (Wildman–Crippen MR) is 96.4 cm³/mol. The van der Waals surface area contributed by atoms with Gasteiger partial charge in [-0.25, -0.2) is 15.0 Å². The van der Waals surface area contributed by atoms with E-state index in [1.807, 2.05) is 25.2 Å². The van der Waals surface area contributed by atoms with E-state index in [1.54, 1.807) is 4.90 Å². The second kappa shape index (κ2) is 6.19. The van der Waals surface area contributed by atoms with Crippen LogP contribution in [0.15, 0.2) is 23.4 Å². The number of amides is 1. The van der Waals surface area contributed by atoms with Gasteiger partial charge in [0.25, 0.3) is 11.5 Å². The summed E-state index contributed by atoms with van der Waals surface area (Å²) in [6, 6.07) is 0. The maximum Gasteiger partial charge on any atom is 0.279 e. The van der Waals surface area contributed by atoms with Crippen LogP contribution in [0.1, 0.15) is 41.0 Å². The molecule has 2 aliphatic rings. The third-order valence-electron chi connectivity index (χ3n) is 5.40. The van der Waals surface area contributed by atoms with Gasteiger partial charge >= 0.3 is 0 Å². The summed E-state index contributed by atoms with van der Waals surface area (Å²) in [5.74, 6) is 0.385. The molecule has 0 bridgehead atoms. The van der Waals surface area contributed by atoms with Crippen LogP contribution >= 0.6 is 0 Å². The van der Waals surface area contributed by atoms with Crippen molar-refractivity contribution in [1.29, 1.82) is 0 Å². The van der Waals surface area contributed by atoms with Crippen molar-refractivity contribution in [1.82, 2.24) is 24.8 Å². The number of carbonyl (C=O) groups is 1. The molecule has 1 atom stereocenters. The Morgan fingerprint density at radius 2 is 2.15 bits per heavy atom. The van der Waals surface area contributed by atoms with Gasteiger partial charge < -0.3 is 14.8 Å². The average molecular weight is 354 g/mol. The van der Waals surface area contributed by atoms with Crippen molar-refractivity contribution in [3.63, 3.8) is 0 Å². The number of aromatic nitrogens is 4. The van der Waals surface area contributed by atoms with Gasteiger partial charge in [-0.2, -0.15) is 0 Å². The van der Waals surface area contributed by atoms with Gasteiger partial charge in [-0.15, -0.1) is 0 Å². The first-order valence-corrected chi connectivity index (χ1v) is 8.87. The van der Waals surface area contributed by atoms with E-state index >= 15 is 0 Å². The molecule has 136 valence electrons. The van der Waals surface area contributed by atoms with Crippen molar-refractivity contribution in [2.45, 2.75) is 31.1 Å². The van der Waals surface area contributed by atoms with E-state index in [2.05, 4.69) is 15.0 Å². The number of aryl methyl sites for hydroxylation is 1. The van der Waals surface area contributed by atoms with E-state index < -0.39 is 5.56 Å². The van der Waals surface area contributed by atoms with Gasteiger partial charge in [0.15, 0.2) is 5.69 Å². The van der Waals surface area contributed by atoms with Crippen LogP contribution in [0.25, 0.3) is 0 Å². The van der Waals surface area contributed by atoms with Crippen molar-refractivity contribution < 1.29 is 4.79 Å². The molecule has 1 fully saturated rings. The van der Waals surface area contributed by atoms with Crippen LogP contribution in [0.5, 0.6) is 0 Å². The van der Waals surface area contributed by atoms with Gasteiger partial charge in [-0.3, -0.25) is 9.59 Å². The molecule has 1 aliphatic carbocycles. The van der Waals surface area contributed by atoms with Gasteiger partial charge in [0.2, 0.25) is 5.95 Å². The first kappa shape index (κ1) is 16.7. The molecule has 1 saturated heterocycles. The maximum absolute atomic E-state index is 12.9. The fraction of sp³-hybridized carbons (Fsp3) is 0.500. The van der Waals surface area contributed by atoms with Crippen LogP contribution in [-0.2, 0) is 11.8 Å². The summed E-state index contributed by atoms with van der Waals surface area (Å²) in [6.07, 6.45) is 8.55. The van der Waals surface area contributed by atoms with Gasteiger partial charge in [-0.05, 0) is 31.2 Å². The molecular formula is C18H22N6O2. The zero-order valence-electron chi connectivity index (χ0n) is 15.0. The molecule has 4 rings (SSSR count). The molecule has 3 heterocycles. The fourth-order valence-electron chi connectivity index (χ4n) is 4.10. The van der Waals surface area contributed by atoms with E-state index in [0.717, 1.165) is 31.4 Å². The lowest BCUT2D eigenvalue weighted by molar-refractivity contribution is 0.0625. The minimum Gasteiger partial charge on any atom is -0.347 e. The number of rotatable bonds is 2. The lowest BCUT2D eigenvalue weighted by atomic mass is 9.77. The highest BCUT2D eigenvalue weighted by Crippen LogP contribution is 2.44. The van der Waals surface area contributed by atoms with Crippen molar-refractivity contribution in [3.8, 4) is 0 Å². The molecule has 2 aromatic heterocycles. The van der Waals surface area contributed by atoms with Gasteiger partial charge in [0.05, 0.1) is 5.69 Å². The summed E-state index contributed by atoms with van der Waals surface area (Å²) < 4.78 is 0. The van der Waals surface area contributed by atoms with E-state index in [0.29, 0.717) is 19.0 Å². The van der Waals surface area contributed by atoms with E-state index in [9.17, 15) is 9.59 Å². The second-order valence-corrected chi connectivity index (χ2v) is 7.32. The number of aromatic amines is 1. The van der Waals surface area contributed by atoms with Crippen molar-refractivity contribution in [2.75, 3.05) is 32.1 Å². The Balaban J connectivity index is 1.66. The topological polar surface area (TPSA) is 95.1 Å². The first-order valence-electron chi connectivity index (χ1n) is 8.87. The Morgan fingerprint density at radius 3 is 2.92 bits per heavy atom. The number of hydrogen-bond donors (Lipinski definition) is 1. The van der Waals surface area contributed by atoms with Crippen molar-refractivity contribution in [3.05, 3.63) is 45.9 Å². The van der Waals surface area contributed by atoms with Crippen LogP contribution in [-0.4, -0.2) is 57.9 Å². The standard InChI is InChI=1S/C18H22N6O2/c1-23(2)17-21-10-12-4-6-18(14(12)22-17)5-3-9-24(11-18)16(26)13-15(25)20-8-7-19-13/h7-8,10H,3-6,9,11H2,1-2H3,(H,20,25). The Hall–Kier alpha value is -2.77. The molecule has 26 heavy (non-hydrogen) atoms. The summed E-state index contributed by atoms with van der Waals surface area (Å²) in [5.41, 5.74) is 1.59. The van der Waals surface area contributed by atoms with Gasteiger partial charge in [0, 0.05) is 51.2 Å². The number of nitrogens with zero attached hydrogens (tertiary/aromatic N) is 5. The minimum absolute atomic E-state index is 0.0422. The maximum atomic E-state index is 12.9. The molecule has 1 spiro atoms. The molecular weight excluding hydrogens is 332 g/mol. The highest BCUT2D eigenvalue weighted by atomic mass is 16.2. The van der Waals surface area contributed by atoms with Crippen molar-refractivity contribution in [2.24, 2.45) is 0 Å². The van der Waals surface area contributed by atoms with Crippen LogP contribution < -0.4 is 10.5 Å². The Morgan fingerprint density at radius 1 is 1.31 bits per heavy atom. The first-order chi connectivity index (χ1) is 12.5. The number of nitrogens with one attached hydrogen (secondary N) is 1. The molecule has 8 heteroatoms. The van der Waals surface area contributed by atoms with Crippen molar-refractivity contribution >= 4 is 11.9 Å². The molecule has 1 unspecified atom stereocenters. The molecule has 2 aromatic rings. The predicted octanol–water partition coefficient (Wildman–Crippen LogP) is 0.746. The molecule has 1 aliphatic heterocycles. The summed E-state index contributed by atoms with van der Waals surface area (Å²) in [6.45, 7) is 1.20. The number of H-pyrrole nitrogens is 1. The minimum atomic E-state index is -0.443. The summed E-state index contributed by atoms with van der Waals surface area (Å²) in [4.78, 5) is 44.2. The number of likely N-dealkylation sites (tertiary alicyclic amines) is 1. The highest BCUT2D eigenvalue weighted by molar-refractivity contribution is 5.92. The largest absolute Gasteiger partial charge is 0.347 e. The van der Waals surface area contributed by atoms with Crippen LogP contribution in [0, 0.1) is 0 Å². The summed E-state index contributed by atoms with van der Waals surface area (Å²) >= 11 is 0. The van der Waals surface area contributed by atoms with Crippen LogP contribution in [0.2, 0.25) is 0 Å². The SMILES string of the molecule is CN(C)c1ncc2c(n1)C1(CCCN(C(=O)c3ncc[nH]c3=O)C1)CC2. The Labute approximate surface area is 151 Å². The quantitative estimate of drug-likeness (QED) is 0.855. The lowest BCUT2D eigenvalue weighted by Gasteiger charge is -2.40. The number of piperidine rings is 1. The molecule has 1 amide bonds. The smallest absolute Gasteiger partial charge is 0.279 e. The van der Waals surface area contributed by atoms with Gasteiger partial charge in [-0.1, -0.05) is 0 Å². The molecule has 0 radical (unpaired) electrons. The molecule has 1 N–H and O–H groups in total. The Bertz CT molecular complexity index is 905. The number of anilines is 1. The number of fused-ring (bicyclic) bond motifs is 2. The molecule has 0 saturated carbocycles. The Kier molecular flexibility index (Phi) is 3.97. The summed E-state index contributed by atoms with van der Waals surface area (Å²) in [7, 11) is 3.85. The van der Waals surface area contributed by atoms with E-state index in [-0.39, 0.29) is 17.0 Å². The van der Waals surface area contributed by atoms with Gasteiger partial charge in [0.1, 0.15) is 0 Å². The fourth-order valence-corrected chi connectivity index (χ4v) is 4.10. The molecule has 0 aromatic carbocycles. The highest BCUT2D eigenvalue weighted by Gasteiger charge is 2.45. The normalized spacial score (nSPS) is 21.7. The van der Waals surface area contributed by atoms with E-state index in [4.69, 9.17) is 4.98 Å². The third-order valence-corrected chi connectivity index (χ3v) is 5.40. The summed E-state index contributed by atoms with van der Waals surface area (Å²) in [5, 5.41) is 0. The third kappa shape index (κ3) is 2.65. The second-order valence-electron chi connectivity index (χ2n) is 7.32. The van der Waals surface area contributed by atoms with Crippen LogP contribution in [0.3, 0.4) is 0 Å². The zero-order chi connectivity index (χ0) is 18.3. The monoisotopic (exact) mass is 354 g/mol. The van der Waals surface area contributed by atoms with E-state index in [1.165, 1.54) is 18.0 Å².